The lowest BCUT2D eigenvalue weighted by atomic mass is 10.1. The number of rotatable bonds is 9. The molecule has 0 aromatic heterocycles. The minimum atomic E-state index is -0.320. The molecule has 0 atom stereocenters. The van der Waals surface area contributed by atoms with Crippen LogP contribution in [0.25, 0.3) is 0 Å². The zero-order valence-electron chi connectivity index (χ0n) is 16.8. The normalized spacial score (nSPS) is 10.5. The van der Waals surface area contributed by atoms with Crippen molar-refractivity contribution < 1.29 is 23.7 Å². The molecule has 6 nitrogen and oxygen atoms in total. The number of benzene rings is 2. The van der Waals surface area contributed by atoms with Crippen molar-refractivity contribution in [2.75, 3.05) is 32.8 Å². The van der Waals surface area contributed by atoms with Gasteiger partial charge in [0.2, 0.25) is 0 Å². The molecular formula is C21H26ClNO5. The number of carbonyl (C=O) groups excluding carboxylic acids is 1. The lowest BCUT2D eigenvalue weighted by molar-refractivity contribution is 0.102. The number of ether oxygens (including phenoxy) is 4. The van der Waals surface area contributed by atoms with Crippen molar-refractivity contribution in [2.45, 2.75) is 20.8 Å². The highest BCUT2D eigenvalue weighted by molar-refractivity contribution is 6.32. The Bertz CT molecular complexity index is 823. The summed E-state index contributed by atoms with van der Waals surface area (Å²) in [5, 5.41) is 3.21. The summed E-state index contributed by atoms with van der Waals surface area (Å²) in [4.78, 5) is 12.8. The Morgan fingerprint density at radius 3 is 2.32 bits per heavy atom. The van der Waals surface area contributed by atoms with Crippen LogP contribution in [0.5, 0.6) is 23.0 Å². The number of halogens is 1. The van der Waals surface area contributed by atoms with E-state index in [0.29, 0.717) is 58.4 Å². The summed E-state index contributed by atoms with van der Waals surface area (Å²) < 4.78 is 21.9. The molecule has 0 fully saturated rings. The van der Waals surface area contributed by atoms with Gasteiger partial charge in [0.1, 0.15) is 11.5 Å². The SMILES string of the molecule is CCOc1cc(C(=O)Nc2cc(OC)c(Cl)cc2OC)ccc1OCC(C)C. The van der Waals surface area contributed by atoms with Crippen LogP contribution in [0.3, 0.4) is 0 Å². The van der Waals surface area contributed by atoms with Gasteiger partial charge in [0.15, 0.2) is 11.5 Å². The van der Waals surface area contributed by atoms with Crippen LogP contribution < -0.4 is 24.3 Å². The molecule has 0 spiro atoms. The standard InChI is InChI=1S/C21H26ClNO5/c1-6-27-20-9-14(7-8-17(20)28-12-13(2)3)21(24)23-16-11-18(25-4)15(22)10-19(16)26-5/h7-11,13H,6,12H2,1-5H3,(H,23,24). The minimum absolute atomic E-state index is 0.320. The van der Waals surface area contributed by atoms with E-state index in [0.717, 1.165) is 0 Å². The number of anilines is 1. The number of nitrogens with one attached hydrogen (secondary N) is 1. The maximum Gasteiger partial charge on any atom is 0.255 e. The van der Waals surface area contributed by atoms with Gasteiger partial charge >= 0.3 is 0 Å². The van der Waals surface area contributed by atoms with Gasteiger partial charge in [-0.2, -0.15) is 0 Å². The molecule has 0 heterocycles. The average molecular weight is 408 g/mol. The topological polar surface area (TPSA) is 66.0 Å². The average Bonchev–Trinajstić information content (AvgIpc) is 2.67. The largest absolute Gasteiger partial charge is 0.495 e. The molecule has 0 radical (unpaired) electrons. The summed E-state index contributed by atoms with van der Waals surface area (Å²) in [5.74, 6) is 2.06. The third-order valence-corrected chi connectivity index (χ3v) is 4.10. The van der Waals surface area contributed by atoms with Gasteiger partial charge in [-0.1, -0.05) is 25.4 Å². The lowest BCUT2D eigenvalue weighted by Crippen LogP contribution is -2.13. The van der Waals surface area contributed by atoms with Crippen molar-refractivity contribution in [3.8, 4) is 23.0 Å². The second-order valence-electron chi connectivity index (χ2n) is 6.44. The molecule has 2 aromatic carbocycles. The summed E-state index contributed by atoms with van der Waals surface area (Å²) in [6.45, 7) is 7.04. The molecule has 0 aliphatic carbocycles. The molecule has 152 valence electrons. The fourth-order valence-electron chi connectivity index (χ4n) is 2.45. The van der Waals surface area contributed by atoms with Crippen LogP contribution in [0.1, 0.15) is 31.1 Å². The van der Waals surface area contributed by atoms with Crippen molar-refractivity contribution in [1.29, 1.82) is 0 Å². The second-order valence-corrected chi connectivity index (χ2v) is 6.85. The summed E-state index contributed by atoms with van der Waals surface area (Å²) in [7, 11) is 3.01. The van der Waals surface area contributed by atoms with Crippen LogP contribution in [-0.2, 0) is 0 Å². The van der Waals surface area contributed by atoms with E-state index in [1.165, 1.54) is 14.2 Å². The highest BCUT2D eigenvalue weighted by Crippen LogP contribution is 2.36. The predicted molar refractivity (Wildman–Crippen MR) is 110 cm³/mol. The highest BCUT2D eigenvalue weighted by Gasteiger charge is 2.16. The molecule has 7 heteroatoms. The van der Waals surface area contributed by atoms with Gasteiger partial charge in [0.05, 0.1) is 38.1 Å². The van der Waals surface area contributed by atoms with Crippen LogP contribution in [0.2, 0.25) is 5.02 Å². The summed E-state index contributed by atoms with van der Waals surface area (Å²) in [6, 6.07) is 8.29. The van der Waals surface area contributed by atoms with Gasteiger partial charge in [0, 0.05) is 17.7 Å². The number of methoxy groups -OCH3 is 2. The number of hydrogen-bond acceptors (Lipinski definition) is 5. The van der Waals surface area contributed by atoms with Gasteiger partial charge in [-0.3, -0.25) is 4.79 Å². The fraction of sp³-hybridized carbons (Fsp3) is 0.381. The van der Waals surface area contributed by atoms with E-state index in [2.05, 4.69) is 19.2 Å². The van der Waals surface area contributed by atoms with Crippen molar-refractivity contribution in [3.63, 3.8) is 0 Å². The van der Waals surface area contributed by atoms with Crippen LogP contribution >= 0.6 is 11.6 Å². The van der Waals surface area contributed by atoms with E-state index in [1.807, 2.05) is 6.92 Å². The lowest BCUT2D eigenvalue weighted by Gasteiger charge is -2.16. The maximum atomic E-state index is 12.8. The first kappa shape index (κ1) is 21.7. The van der Waals surface area contributed by atoms with Crippen LogP contribution in [0.4, 0.5) is 5.69 Å². The molecule has 0 aliphatic heterocycles. The molecule has 2 rings (SSSR count). The number of carbonyl (C=O) groups is 1. The molecule has 0 saturated carbocycles. The van der Waals surface area contributed by atoms with Gasteiger partial charge < -0.3 is 24.3 Å². The van der Waals surface area contributed by atoms with E-state index < -0.39 is 0 Å². The smallest absolute Gasteiger partial charge is 0.255 e. The first-order chi connectivity index (χ1) is 13.4. The molecule has 0 saturated heterocycles. The molecule has 0 aliphatic rings. The first-order valence-corrected chi connectivity index (χ1v) is 9.39. The summed E-state index contributed by atoms with van der Waals surface area (Å²) in [5.41, 5.74) is 0.878. The van der Waals surface area contributed by atoms with Crippen molar-refractivity contribution in [1.82, 2.24) is 0 Å². The molecule has 2 aromatic rings. The Hall–Kier alpha value is -2.60. The monoisotopic (exact) mass is 407 g/mol. The van der Waals surface area contributed by atoms with Crippen LogP contribution in [-0.4, -0.2) is 33.3 Å². The van der Waals surface area contributed by atoms with Crippen molar-refractivity contribution in [3.05, 3.63) is 40.9 Å². The van der Waals surface area contributed by atoms with Crippen molar-refractivity contribution in [2.24, 2.45) is 5.92 Å². The van der Waals surface area contributed by atoms with Crippen molar-refractivity contribution >= 4 is 23.2 Å². The van der Waals surface area contributed by atoms with E-state index >= 15 is 0 Å². The van der Waals surface area contributed by atoms with E-state index in [9.17, 15) is 4.79 Å². The predicted octanol–water partition coefficient (Wildman–Crippen LogP) is 5.04. The molecule has 1 N–H and O–H groups in total. The summed E-state index contributed by atoms with van der Waals surface area (Å²) in [6.07, 6.45) is 0. The highest BCUT2D eigenvalue weighted by atomic mass is 35.5. The maximum absolute atomic E-state index is 12.8. The minimum Gasteiger partial charge on any atom is -0.495 e. The third kappa shape index (κ3) is 5.45. The van der Waals surface area contributed by atoms with Crippen LogP contribution in [0, 0.1) is 5.92 Å². The van der Waals surface area contributed by atoms with Gasteiger partial charge in [-0.25, -0.2) is 0 Å². The van der Waals surface area contributed by atoms with Crippen LogP contribution in [0.15, 0.2) is 30.3 Å². The van der Waals surface area contributed by atoms with Gasteiger partial charge in [-0.05, 0) is 31.0 Å². The first-order valence-electron chi connectivity index (χ1n) is 9.02. The van der Waals surface area contributed by atoms with E-state index in [4.69, 9.17) is 30.5 Å². The summed E-state index contributed by atoms with van der Waals surface area (Å²) >= 11 is 6.11. The zero-order valence-corrected chi connectivity index (χ0v) is 17.6. The Kier molecular flexibility index (Phi) is 7.81. The Morgan fingerprint density at radius 2 is 1.71 bits per heavy atom. The fourth-order valence-corrected chi connectivity index (χ4v) is 2.68. The van der Waals surface area contributed by atoms with E-state index in [1.54, 1.807) is 30.3 Å². The van der Waals surface area contributed by atoms with Gasteiger partial charge in [0.25, 0.3) is 5.91 Å². The molecular weight excluding hydrogens is 382 g/mol. The molecule has 0 unspecified atom stereocenters. The molecule has 1 amide bonds. The number of amides is 1. The molecule has 0 bridgehead atoms. The molecule has 28 heavy (non-hydrogen) atoms. The Labute approximate surface area is 170 Å². The third-order valence-electron chi connectivity index (χ3n) is 3.80. The Morgan fingerprint density at radius 1 is 1.00 bits per heavy atom. The Balaban J connectivity index is 2.28. The van der Waals surface area contributed by atoms with Gasteiger partial charge in [-0.15, -0.1) is 0 Å². The zero-order chi connectivity index (χ0) is 20.7. The number of hydrogen-bond donors (Lipinski definition) is 1. The van der Waals surface area contributed by atoms with E-state index in [-0.39, 0.29) is 5.91 Å². The quantitative estimate of drug-likeness (QED) is 0.630. The second kappa shape index (κ2) is 10.1.